The fourth-order valence-electron chi connectivity index (χ4n) is 2.44. The van der Waals surface area contributed by atoms with Gasteiger partial charge in [0.15, 0.2) is 11.6 Å². The topological polar surface area (TPSA) is 43.8 Å². The van der Waals surface area contributed by atoms with Crippen LogP contribution in [-0.2, 0) is 13.5 Å². The molecule has 1 aromatic heterocycles. The van der Waals surface area contributed by atoms with Crippen LogP contribution in [0.25, 0.3) is 0 Å². The lowest BCUT2D eigenvalue weighted by atomic mass is 9.98. The zero-order valence-electron chi connectivity index (χ0n) is 12.0. The first-order chi connectivity index (χ1) is 9.41. The average Bonchev–Trinajstić information content (AvgIpc) is 2.64. The fraction of sp³-hybridized carbons (Fsp3) is 0.400. The minimum Gasteiger partial charge on any atom is -0.324 e. The standard InChI is InChI=1S/C15H19F2N3/c1-9-11(10(2)20(3)19-9)7-8-14(18)12-5-4-6-13(16)15(12)17/h4-6,14H,7-8,18H2,1-3H3. The summed E-state index contributed by atoms with van der Waals surface area (Å²) in [5.74, 6) is -1.70. The molecule has 1 aromatic carbocycles. The highest BCUT2D eigenvalue weighted by molar-refractivity contribution is 5.26. The molecule has 0 aliphatic heterocycles. The van der Waals surface area contributed by atoms with Gasteiger partial charge in [0.1, 0.15) is 0 Å². The average molecular weight is 279 g/mol. The molecule has 0 amide bonds. The highest BCUT2D eigenvalue weighted by Crippen LogP contribution is 2.23. The molecule has 0 spiro atoms. The molecule has 2 N–H and O–H groups in total. The van der Waals surface area contributed by atoms with Crippen molar-refractivity contribution in [2.45, 2.75) is 32.7 Å². The van der Waals surface area contributed by atoms with Crippen LogP contribution < -0.4 is 5.73 Å². The Hall–Kier alpha value is -1.75. The maximum atomic E-state index is 13.7. The fourth-order valence-corrected chi connectivity index (χ4v) is 2.44. The van der Waals surface area contributed by atoms with E-state index in [1.165, 1.54) is 12.1 Å². The number of nitrogens with two attached hydrogens (primary N) is 1. The Kier molecular flexibility index (Phi) is 4.18. The third-order valence-electron chi connectivity index (χ3n) is 3.75. The van der Waals surface area contributed by atoms with Gasteiger partial charge in [0.25, 0.3) is 0 Å². The van der Waals surface area contributed by atoms with Gasteiger partial charge in [-0.15, -0.1) is 0 Å². The molecule has 0 fully saturated rings. The molecule has 1 unspecified atom stereocenters. The molecule has 5 heteroatoms. The predicted octanol–water partition coefficient (Wildman–Crippen LogP) is 2.95. The van der Waals surface area contributed by atoms with Gasteiger partial charge >= 0.3 is 0 Å². The Balaban J connectivity index is 2.13. The Morgan fingerprint density at radius 3 is 2.60 bits per heavy atom. The number of aryl methyl sites for hydroxylation is 2. The number of nitrogens with zero attached hydrogens (tertiary/aromatic N) is 2. The van der Waals surface area contributed by atoms with Gasteiger partial charge in [-0.05, 0) is 38.3 Å². The van der Waals surface area contributed by atoms with Crippen LogP contribution in [0.5, 0.6) is 0 Å². The lowest BCUT2D eigenvalue weighted by molar-refractivity contribution is 0.483. The van der Waals surface area contributed by atoms with Crippen molar-refractivity contribution in [3.05, 3.63) is 52.3 Å². The van der Waals surface area contributed by atoms with E-state index in [4.69, 9.17) is 5.73 Å². The van der Waals surface area contributed by atoms with E-state index >= 15 is 0 Å². The van der Waals surface area contributed by atoms with Gasteiger partial charge in [0, 0.05) is 24.3 Å². The largest absolute Gasteiger partial charge is 0.324 e. The highest BCUT2D eigenvalue weighted by Gasteiger charge is 2.16. The van der Waals surface area contributed by atoms with Crippen molar-refractivity contribution in [2.75, 3.05) is 0 Å². The molecule has 0 radical (unpaired) electrons. The van der Waals surface area contributed by atoms with Crippen LogP contribution in [0.1, 0.15) is 35.0 Å². The van der Waals surface area contributed by atoms with E-state index in [9.17, 15) is 8.78 Å². The molecule has 3 nitrogen and oxygen atoms in total. The lowest BCUT2D eigenvalue weighted by Crippen LogP contribution is -2.14. The second-order valence-corrected chi connectivity index (χ2v) is 5.06. The molecule has 1 heterocycles. The second kappa shape index (κ2) is 5.71. The highest BCUT2D eigenvalue weighted by atomic mass is 19.2. The van der Waals surface area contributed by atoms with E-state index in [0.29, 0.717) is 12.8 Å². The Bertz CT molecular complexity index is 620. The summed E-state index contributed by atoms with van der Waals surface area (Å²) < 4.78 is 28.7. The van der Waals surface area contributed by atoms with Crippen molar-refractivity contribution in [1.82, 2.24) is 9.78 Å². The normalized spacial score (nSPS) is 12.7. The summed E-state index contributed by atoms with van der Waals surface area (Å²) >= 11 is 0. The maximum Gasteiger partial charge on any atom is 0.163 e. The van der Waals surface area contributed by atoms with Gasteiger partial charge in [-0.2, -0.15) is 5.10 Å². The third kappa shape index (κ3) is 2.72. The van der Waals surface area contributed by atoms with E-state index < -0.39 is 17.7 Å². The summed E-state index contributed by atoms with van der Waals surface area (Å²) in [6, 6.07) is 3.59. The molecule has 0 bridgehead atoms. The molecular formula is C15H19F2N3. The molecule has 2 aromatic rings. The molecule has 20 heavy (non-hydrogen) atoms. The van der Waals surface area contributed by atoms with Crippen molar-refractivity contribution >= 4 is 0 Å². The number of hydrogen-bond acceptors (Lipinski definition) is 2. The van der Waals surface area contributed by atoms with E-state index in [2.05, 4.69) is 5.10 Å². The summed E-state index contributed by atoms with van der Waals surface area (Å²) in [5.41, 5.74) is 9.37. The van der Waals surface area contributed by atoms with Gasteiger partial charge in [-0.3, -0.25) is 4.68 Å². The molecule has 0 saturated carbocycles. The van der Waals surface area contributed by atoms with Crippen LogP contribution in [0.4, 0.5) is 8.78 Å². The summed E-state index contributed by atoms with van der Waals surface area (Å²) in [7, 11) is 1.89. The molecule has 2 rings (SSSR count). The molecule has 1 atom stereocenters. The second-order valence-electron chi connectivity index (χ2n) is 5.06. The number of halogens is 2. The summed E-state index contributed by atoms with van der Waals surface area (Å²) in [6.45, 7) is 3.93. The first-order valence-electron chi connectivity index (χ1n) is 6.60. The molecule has 108 valence electrons. The van der Waals surface area contributed by atoms with Crippen LogP contribution in [-0.4, -0.2) is 9.78 Å². The molecule has 0 aliphatic carbocycles. The van der Waals surface area contributed by atoms with E-state index in [1.54, 1.807) is 0 Å². The molecule has 0 aliphatic rings. The monoisotopic (exact) mass is 279 g/mol. The van der Waals surface area contributed by atoms with Gasteiger partial charge in [0.2, 0.25) is 0 Å². The minimum absolute atomic E-state index is 0.226. The van der Waals surface area contributed by atoms with E-state index in [-0.39, 0.29) is 5.56 Å². The number of hydrogen-bond donors (Lipinski definition) is 1. The smallest absolute Gasteiger partial charge is 0.163 e. The van der Waals surface area contributed by atoms with Crippen LogP contribution in [0, 0.1) is 25.5 Å². The van der Waals surface area contributed by atoms with Crippen LogP contribution in [0.15, 0.2) is 18.2 Å². The maximum absolute atomic E-state index is 13.7. The molecule has 0 saturated heterocycles. The Morgan fingerprint density at radius 1 is 1.30 bits per heavy atom. The first-order valence-corrected chi connectivity index (χ1v) is 6.60. The first kappa shape index (κ1) is 14.7. The van der Waals surface area contributed by atoms with Gasteiger partial charge < -0.3 is 5.73 Å². The van der Waals surface area contributed by atoms with Crippen molar-refractivity contribution in [1.29, 1.82) is 0 Å². The van der Waals surface area contributed by atoms with Crippen LogP contribution in [0.3, 0.4) is 0 Å². The minimum atomic E-state index is -0.855. The Morgan fingerprint density at radius 2 is 2.00 bits per heavy atom. The third-order valence-corrected chi connectivity index (χ3v) is 3.75. The van der Waals surface area contributed by atoms with Gasteiger partial charge in [0.05, 0.1) is 5.69 Å². The zero-order chi connectivity index (χ0) is 14.9. The SMILES string of the molecule is Cc1nn(C)c(C)c1CCC(N)c1cccc(F)c1F. The number of rotatable bonds is 4. The predicted molar refractivity (Wildman–Crippen MR) is 74.3 cm³/mol. The lowest BCUT2D eigenvalue weighted by Gasteiger charge is -2.13. The number of aromatic nitrogens is 2. The summed E-state index contributed by atoms with van der Waals surface area (Å²) in [6.07, 6.45) is 1.25. The van der Waals surface area contributed by atoms with Crippen LogP contribution >= 0.6 is 0 Å². The van der Waals surface area contributed by atoms with Crippen LogP contribution in [0.2, 0.25) is 0 Å². The van der Waals surface area contributed by atoms with E-state index in [1.807, 2.05) is 25.6 Å². The van der Waals surface area contributed by atoms with Gasteiger partial charge in [-0.25, -0.2) is 8.78 Å². The van der Waals surface area contributed by atoms with Gasteiger partial charge in [-0.1, -0.05) is 12.1 Å². The van der Waals surface area contributed by atoms with E-state index in [0.717, 1.165) is 23.0 Å². The number of benzene rings is 1. The van der Waals surface area contributed by atoms with Crippen molar-refractivity contribution in [3.63, 3.8) is 0 Å². The van der Waals surface area contributed by atoms with Crippen molar-refractivity contribution < 1.29 is 8.78 Å². The van der Waals surface area contributed by atoms with Crippen molar-refractivity contribution in [3.8, 4) is 0 Å². The summed E-state index contributed by atoms with van der Waals surface area (Å²) in [5, 5.41) is 4.33. The summed E-state index contributed by atoms with van der Waals surface area (Å²) in [4.78, 5) is 0. The van der Waals surface area contributed by atoms with Crippen molar-refractivity contribution in [2.24, 2.45) is 12.8 Å². The quantitative estimate of drug-likeness (QED) is 0.935. The Labute approximate surface area is 117 Å². The zero-order valence-corrected chi connectivity index (χ0v) is 12.0. The molecular weight excluding hydrogens is 260 g/mol.